The molecular weight excluding hydrogens is 360 g/mol. The van der Waals surface area contributed by atoms with Crippen LogP contribution in [0.25, 0.3) is 0 Å². The molecule has 1 N–H and O–H groups in total. The number of methoxy groups -OCH3 is 1. The standard InChI is InChI=1S/C20H28N4O4/c1-22-13-14(11-16(22)18(26)28-2)21-19(27)24-9-5-20(6-10-24)12-15(20)17(25)23-7-3-4-8-23/h11,13,15H,3-10,12H2,1-2H3,(H,21,27). The van der Waals surface area contributed by atoms with Crippen molar-refractivity contribution in [2.75, 3.05) is 38.6 Å². The Labute approximate surface area is 164 Å². The molecule has 2 saturated heterocycles. The third-order valence-electron chi connectivity index (χ3n) is 6.60. The van der Waals surface area contributed by atoms with Crippen molar-refractivity contribution >= 4 is 23.6 Å². The number of nitrogens with zero attached hydrogens (tertiary/aromatic N) is 3. The van der Waals surface area contributed by atoms with Crippen LogP contribution in [0, 0.1) is 11.3 Å². The fourth-order valence-electron chi connectivity index (χ4n) is 4.71. The number of hydrogen-bond acceptors (Lipinski definition) is 4. The van der Waals surface area contributed by atoms with Gasteiger partial charge in [-0.25, -0.2) is 9.59 Å². The summed E-state index contributed by atoms with van der Waals surface area (Å²) in [5.74, 6) is 0.0490. The van der Waals surface area contributed by atoms with E-state index in [0.717, 1.165) is 45.2 Å². The van der Waals surface area contributed by atoms with Crippen LogP contribution in [0.4, 0.5) is 10.5 Å². The first-order valence-corrected chi connectivity index (χ1v) is 10.0. The third kappa shape index (κ3) is 3.36. The smallest absolute Gasteiger partial charge is 0.354 e. The van der Waals surface area contributed by atoms with Crippen molar-refractivity contribution in [1.29, 1.82) is 0 Å². The zero-order valence-electron chi connectivity index (χ0n) is 16.6. The molecule has 0 bridgehead atoms. The van der Waals surface area contributed by atoms with E-state index in [4.69, 9.17) is 4.74 Å². The van der Waals surface area contributed by atoms with Crippen LogP contribution >= 0.6 is 0 Å². The molecule has 1 aromatic heterocycles. The normalized spacial score (nSPS) is 23.0. The lowest BCUT2D eigenvalue weighted by Crippen LogP contribution is -2.42. The second kappa shape index (κ2) is 7.14. The molecule has 1 aliphatic carbocycles. The quantitative estimate of drug-likeness (QED) is 0.804. The van der Waals surface area contributed by atoms with E-state index in [9.17, 15) is 14.4 Å². The molecule has 28 heavy (non-hydrogen) atoms. The second-order valence-corrected chi connectivity index (χ2v) is 8.29. The molecule has 3 aliphatic rings. The van der Waals surface area contributed by atoms with Gasteiger partial charge in [-0.15, -0.1) is 0 Å². The van der Waals surface area contributed by atoms with Crippen LogP contribution in [0.1, 0.15) is 42.6 Å². The summed E-state index contributed by atoms with van der Waals surface area (Å²) in [6, 6.07) is 1.45. The van der Waals surface area contributed by atoms with Crippen LogP contribution in [0.3, 0.4) is 0 Å². The fraction of sp³-hybridized carbons (Fsp3) is 0.650. The largest absolute Gasteiger partial charge is 0.464 e. The van der Waals surface area contributed by atoms with Crippen LogP contribution in [-0.2, 0) is 16.6 Å². The van der Waals surface area contributed by atoms with Crippen LogP contribution in [0.2, 0.25) is 0 Å². The molecule has 0 radical (unpaired) electrons. The number of anilines is 1. The summed E-state index contributed by atoms with van der Waals surface area (Å²) in [6.45, 7) is 3.13. The van der Waals surface area contributed by atoms with Crippen molar-refractivity contribution in [3.63, 3.8) is 0 Å². The third-order valence-corrected chi connectivity index (χ3v) is 6.60. The number of rotatable bonds is 3. The molecule has 8 nitrogen and oxygen atoms in total. The van der Waals surface area contributed by atoms with E-state index in [1.54, 1.807) is 28.8 Å². The molecule has 1 unspecified atom stereocenters. The molecule has 3 fully saturated rings. The highest BCUT2D eigenvalue weighted by Crippen LogP contribution is 2.60. The van der Waals surface area contributed by atoms with Gasteiger partial charge in [0.05, 0.1) is 12.8 Å². The van der Waals surface area contributed by atoms with E-state index < -0.39 is 5.97 Å². The van der Waals surface area contributed by atoms with Gasteiger partial charge in [0.1, 0.15) is 5.69 Å². The number of likely N-dealkylation sites (tertiary alicyclic amines) is 2. The molecule has 1 saturated carbocycles. The number of ether oxygens (including phenoxy) is 1. The van der Waals surface area contributed by atoms with E-state index in [2.05, 4.69) is 5.32 Å². The second-order valence-electron chi connectivity index (χ2n) is 8.29. The Morgan fingerprint density at radius 2 is 1.79 bits per heavy atom. The van der Waals surface area contributed by atoms with Gasteiger partial charge >= 0.3 is 12.0 Å². The number of aromatic nitrogens is 1. The molecule has 1 aromatic rings. The summed E-state index contributed by atoms with van der Waals surface area (Å²) in [5, 5.41) is 2.86. The molecule has 3 amide bonds. The molecule has 0 aromatic carbocycles. The Morgan fingerprint density at radius 3 is 2.43 bits per heavy atom. The van der Waals surface area contributed by atoms with Crippen LogP contribution in [-0.4, -0.2) is 65.6 Å². The van der Waals surface area contributed by atoms with Crippen molar-refractivity contribution in [2.45, 2.75) is 32.1 Å². The van der Waals surface area contributed by atoms with Crippen LogP contribution < -0.4 is 5.32 Å². The number of amides is 3. The zero-order chi connectivity index (χ0) is 19.9. The summed E-state index contributed by atoms with van der Waals surface area (Å²) in [4.78, 5) is 40.8. The first kappa shape index (κ1) is 18.8. The maximum absolute atomic E-state index is 12.6. The summed E-state index contributed by atoms with van der Waals surface area (Å²) < 4.78 is 6.36. The molecular formula is C20H28N4O4. The molecule has 1 atom stereocenters. The number of carbonyl (C=O) groups is 3. The minimum Gasteiger partial charge on any atom is -0.464 e. The number of piperidine rings is 1. The summed E-state index contributed by atoms with van der Waals surface area (Å²) in [5.41, 5.74) is 1.07. The summed E-state index contributed by atoms with van der Waals surface area (Å²) in [7, 11) is 3.06. The zero-order valence-corrected chi connectivity index (χ0v) is 16.6. The van der Waals surface area contributed by atoms with Crippen molar-refractivity contribution in [1.82, 2.24) is 14.4 Å². The highest BCUT2D eigenvalue weighted by Gasteiger charge is 2.59. The Morgan fingerprint density at radius 1 is 1.11 bits per heavy atom. The van der Waals surface area contributed by atoms with E-state index >= 15 is 0 Å². The first-order chi connectivity index (χ1) is 13.4. The lowest BCUT2D eigenvalue weighted by atomic mass is 9.90. The first-order valence-electron chi connectivity index (χ1n) is 10.0. The minimum absolute atomic E-state index is 0.112. The van der Waals surface area contributed by atoms with Gasteiger partial charge in [-0.3, -0.25) is 4.79 Å². The van der Waals surface area contributed by atoms with E-state index in [-0.39, 0.29) is 17.4 Å². The molecule has 2 aliphatic heterocycles. The van der Waals surface area contributed by atoms with Gasteiger partial charge in [0, 0.05) is 45.3 Å². The predicted octanol–water partition coefficient (Wildman–Crippen LogP) is 2.07. The Hall–Kier alpha value is -2.51. The van der Waals surface area contributed by atoms with Crippen molar-refractivity contribution < 1.29 is 19.1 Å². The van der Waals surface area contributed by atoms with Gasteiger partial charge in [-0.05, 0) is 43.6 Å². The topological polar surface area (TPSA) is 83.9 Å². The van der Waals surface area contributed by atoms with Crippen molar-refractivity contribution in [2.24, 2.45) is 18.4 Å². The van der Waals surface area contributed by atoms with Gasteiger partial charge in [0.15, 0.2) is 0 Å². The molecule has 4 rings (SSSR count). The number of hydrogen-bond donors (Lipinski definition) is 1. The lowest BCUT2D eigenvalue weighted by molar-refractivity contribution is -0.132. The van der Waals surface area contributed by atoms with Gasteiger partial charge in [-0.2, -0.15) is 0 Å². The summed E-state index contributed by atoms with van der Waals surface area (Å²) >= 11 is 0. The molecule has 8 heteroatoms. The molecule has 1 spiro atoms. The van der Waals surface area contributed by atoms with Gasteiger partial charge in [0.25, 0.3) is 0 Å². The van der Waals surface area contributed by atoms with E-state index in [1.807, 2.05) is 4.90 Å². The van der Waals surface area contributed by atoms with Gasteiger partial charge in [-0.1, -0.05) is 0 Å². The number of aryl methyl sites for hydroxylation is 1. The molecule has 3 heterocycles. The Bertz CT molecular complexity index is 788. The lowest BCUT2D eigenvalue weighted by Gasteiger charge is -2.33. The monoisotopic (exact) mass is 388 g/mol. The Kier molecular flexibility index (Phi) is 4.81. The average molecular weight is 388 g/mol. The number of nitrogens with one attached hydrogen (secondary N) is 1. The summed E-state index contributed by atoms with van der Waals surface area (Å²) in [6.07, 6.45) is 6.67. The number of carbonyl (C=O) groups excluding carboxylic acids is 3. The van der Waals surface area contributed by atoms with Gasteiger partial charge < -0.3 is 24.4 Å². The minimum atomic E-state index is -0.439. The van der Waals surface area contributed by atoms with Crippen molar-refractivity contribution in [3.8, 4) is 0 Å². The fourth-order valence-corrected chi connectivity index (χ4v) is 4.71. The van der Waals surface area contributed by atoms with Crippen LogP contribution in [0.15, 0.2) is 12.3 Å². The highest BCUT2D eigenvalue weighted by molar-refractivity contribution is 5.93. The maximum atomic E-state index is 12.6. The van der Waals surface area contributed by atoms with Gasteiger partial charge in [0.2, 0.25) is 5.91 Å². The SMILES string of the molecule is COC(=O)c1cc(NC(=O)N2CCC3(CC2)CC3C(=O)N2CCCC2)cn1C. The predicted molar refractivity (Wildman–Crippen MR) is 103 cm³/mol. The maximum Gasteiger partial charge on any atom is 0.354 e. The molecule has 152 valence electrons. The highest BCUT2D eigenvalue weighted by atomic mass is 16.5. The van der Waals surface area contributed by atoms with Crippen LogP contribution in [0.5, 0.6) is 0 Å². The average Bonchev–Trinajstić information content (AvgIpc) is 3.04. The van der Waals surface area contributed by atoms with E-state index in [0.29, 0.717) is 30.4 Å². The number of urea groups is 1. The van der Waals surface area contributed by atoms with Crippen molar-refractivity contribution in [3.05, 3.63) is 18.0 Å². The van der Waals surface area contributed by atoms with E-state index in [1.165, 1.54) is 7.11 Å². The number of esters is 1. The Balaban J connectivity index is 1.30.